The van der Waals surface area contributed by atoms with E-state index in [1.54, 1.807) is 0 Å². The largest absolute Gasteiger partial charge is 0.468 e. The fraction of sp³-hybridized carbons (Fsp3) is 0.324. The van der Waals surface area contributed by atoms with E-state index in [-0.39, 0.29) is 26.9 Å². The molecule has 11 rings (SSSR count). The van der Waals surface area contributed by atoms with Gasteiger partial charge in [-0.25, -0.2) is 4.98 Å². The lowest BCUT2D eigenvalue weighted by Crippen LogP contribution is -2.59. The molecule has 9 aromatic rings. The molecule has 406 valence electrons. The third-order valence-electron chi connectivity index (χ3n) is 15.7. The Morgan fingerprint density at radius 1 is 0.500 bits per heavy atom. The van der Waals surface area contributed by atoms with Crippen molar-refractivity contribution >= 4 is 71.4 Å². The van der Waals surface area contributed by atoms with Gasteiger partial charge < -0.3 is 28.3 Å². The summed E-state index contributed by atoms with van der Waals surface area (Å²) in [7, 11) is -1.78. The van der Waals surface area contributed by atoms with Crippen LogP contribution in [0.15, 0.2) is 158 Å². The molecule has 0 radical (unpaired) electrons. The van der Waals surface area contributed by atoms with Crippen molar-refractivity contribution in [3.8, 4) is 39.6 Å². The normalized spacial score (nSPS) is 14.7. The van der Waals surface area contributed by atoms with E-state index in [4.69, 9.17) is 28.4 Å². The van der Waals surface area contributed by atoms with Crippen LogP contribution in [0.4, 0.5) is 22.7 Å². The average Bonchev–Trinajstić information content (AvgIpc) is 4.11. The lowest BCUT2D eigenvalue weighted by molar-refractivity contribution is 0.250. The minimum absolute atomic E-state index is 0.0629. The van der Waals surface area contributed by atoms with Crippen LogP contribution >= 0.6 is 0 Å². The van der Waals surface area contributed by atoms with Gasteiger partial charge in [0.1, 0.15) is 18.2 Å². The number of rotatable bonds is 8. The average molecular weight is 1060 g/mol. The number of ether oxygens (including phenoxy) is 1. The second kappa shape index (κ2) is 20.2. The van der Waals surface area contributed by atoms with Gasteiger partial charge in [-0.1, -0.05) is 189 Å². The Morgan fingerprint density at radius 3 is 1.77 bits per heavy atom. The topological polar surface area (TPSA) is 74.1 Å². The summed E-state index contributed by atoms with van der Waals surface area (Å²) in [6.07, 6.45) is 3.89. The fourth-order valence-electron chi connectivity index (χ4n) is 11.0. The molecule has 0 aliphatic carbocycles. The molecule has 2 aliphatic rings. The molecular formula is C68H76B3N5O4. The highest BCUT2D eigenvalue weighted by molar-refractivity contribution is 6.81. The Morgan fingerprint density at radius 2 is 1.14 bits per heavy atom. The van der Waals surface area contributed by atoms with Crippen molar-refractivity contribution in [3.63, 3.8) is 0 Å². The smallest absolute Gasteiger partial charge is 0.455 e. The molecule has 80 heavy (non-hydrogen) atoms. The van der Waals surface area contributed by atoms with Crippen molar-refractivity contribution in [2.24, 2.45) is 0 Å². The molecule has 0 unspecified atom stereocenters. The van der Waals surface area contributed by atoms with Crippen molar-refractivity contribution in [2.45, 2.75) is 138 Å². The van der Waals surface area contributed by atoms with E-state index in [0.717, 1.165) is 78.2 Å². The van der Waals surface area contributed by atoms with Crippen molar-refractivity contribution in [1.82, 2.24) is 14.5 Å². The minimum atomic E-state index is -0.734. The zero-order valence-corrected chi connectivity index (χ0v) is 49.8. The number of hydrogen-bond acceptors (Lipinski definition) is 8. The molecule has 12 heteroatoms. The Hall–Kier alpha value is -7.11. The Kier molecular flexibility index (Phi) is 13.8. The van der Waals surface area contributed by atoms with Gasteiger partial charge in [-0.15, -0.1) is 0 Å². The van der Waals surface area contributed by atoms with Crippen LogP contribution in [0.1, 0.15) is 126 Å². The van der Waals surface area contributed by atoms with E-state index >= 15 is 0 Å². The summed E-state index contributed by atoms with van der Waals surface area (Å²) >= 11 is 0. The number of fused-ring (bicyclic) bond motifs is 4. The third kappa shape index (κ3) is 10.6. The number of pyridine rings is 2. The van der Waals surface area contributed by atoms with Gasteiger partial charge in [-0.05, 0) is 116 Å². The molecule has 0 bridgehead atoms. The Labute approximate surface area is 476 Å². The zero-order chi connectivity index (χ0) is 56.8. The van der Waals surface area contributed by atoms with Gasteiger partial charge in [0.05, 0.1) is 45.7 Å². The van der Waals surface area contributed by atoms with Crippen molar-refractivity contribution in [3.05, 3.63) is 180 Å². The van der Waals surface area contributed by atoms with Crippen molar-refractivity contribution in [1.29, 1.82) is 0 Å². The second-order valence-corrected chi connectivity index (χ2v) is 27.3. The molecule has 0 saturated carbocycles. The molecule has 1 fully saturated rings. The van der Waals surface area contributed by atoms with Crippen LogP contribution < -0.4 is 20.0 Å². The first-order valence-electron chi connectivity index (χ1n) is 28.4. The maximum Gasteiger partial charge on any atom is 0.468 e. The maximum atomic E-state index is 7.02. The van der Waals surface area contributed by atoms with Crippen LogP contribution in [0.5, 0.6) is 11.5 Å². The molecule has 1 saturated heterocycles. The van der Waals surface area contributed by atoms with E-state index in [9.17, 15) is 0 Å². The van der Waals surface area contributed by atoms with Crippen LogP contribution in [-0.2, 0) is 30.0 Å². The highest BCUT2D eigenvalue weighted by Gasteiger charge is 2.52. The molecule has 6 aromatic carbocycles. The van der Waals surface area contributed by atoms with E-state index in [1.807, 2.05) is 19.3 Å². The second-order valence-electron chi connectivity index (χ2n) is 27.3. The number of hydrogen-bond donors (Lipinski definition) is 0. The van der Waals surface area contributed by atoms with E-state index in [2.05, 4.69) is 264 Å². The van der Waals surface area contributed by atoms with Crippen molar-refractivity contribution in [2.75, 3.05) is 16.5 Å². The number of para-hydroxylation sites is 3. The number of benzene rings is 6. The highest BCUT2D eigenvalue weighted by atomic mass is 16.7. The van der Waals surface area contributed by atoms with Gasteiger partial charge in [0.2, 0.25) is 0 Å². The Balaban J connectivity index is 1.03. The summed E-state index contributed by atoms with van der Waals surface area (Å²) in [5.41, 5.74) is 15.9. The molecule has 0 amide bonds. The summed E-state index contributed by atoms with van der Waals surface area (Å²) in [6, 6.07) is 52.5. The first-order chi connectivity index (χ1) is 37.7. The molecule has 9 nitrogen and oxygen atoms in total. The van der Waals surface area contributed by atoms with Gasteiger partial charge in [0, 0.05) is 40.1 Å². The van der Waals surface area contributed by atoms with E-state index in [1.165, 1.54) is 22.3 Å². The summed E-state index contributed by atoms with van der Waals surface area (Å²) in [4.78, 5) is 14.8. The molecule has 3 aromatic heterocycles. The lowest BCUT2D eigenvalue weighted by atomic mass is 9.50. The van der Waals surface area contributed by atoms with Crippen molar-refractivity contribution < 1.29 is 18.5 Å². The quantitative estimate of drug-likeness (QED) is 0.139. The summed E-state index contributed by atoms with van der Waals surface area (Å²) in [6.45, 7) is 36.0. The number of nitrogens with zero attached hydrogens (tertiary/aromatic N) is 5. The SMILES string of the molecule is Cc1ncc(N2CN(c3c(B4OB(C(C)(C)C)OB(C(C)(C)C)O4)cccc3-c3cc(C(C)(C)C)cc(C(C)(C)C)c3)c3ccccc32)cc1Oc1ccc2c3cc(-c4ccccc4)ccc3n(-c3cc(C(C)(C)C)ccn3)c2c1. The standard InChI is InChI=1S/C68H76B3N5O4/c1-44-61(77-52-30-31-54-55-37-46(45-23-18-17-19-24-45)29-32-57(55)76(60(54)41-52)62-39-48(33-34-72-62)64(2,3)4)40-51(42-73-44)74-43-75(59-28-21-20-27-58(59)74)63-53(47-35-49(65(5,6)7)38-50(36-47)66(8,9)10)25-22-26-56(63)69-78-70(67(11,12)13)80-71(79-69)68(14,15)16/h17-42H,43H2,1-16H3. The van der Waals surface area contributed by atoms with Gasteiger partial charge in [-0.3, -0.25) is 9.55 Å². The highest BCUT2D eigenvalue weighted by Crippen LogP contribution is 2.49. The van der Waals surface area contributed by atoms with E-state index < -0.39 is 21.4 Å². The number of anilines is 4. The first-order valence-corrected chi connectivity index (χ1v) is 28.4. The summed E-state index contributed by atoms with van der Waals surface area (Å²) in [5.74, 6) is 2.23. The van der Waals surface area contributed by atoms with Crippen LogP contribution in [0.25, 0.3) is 49.9 Å². The molecule has 2 aliphatic heterocycles. The number of aromatic nitrogens is 3. The minimum Gasteiger partial charge on any atom is -0.455 e. The Bertz CT molecular complexity index is 3750. The first kappa shape index (κ1) is 54.8. The molecular weight excluding hydrogens is 983 g/mol. The zero-order valence-electron chi connectivity index (χ0n) is 49.8. The summed E-state index contributed by atoms with van der Waals surface area (Å²) < 4.78 is 29.9. The van der Waals surface area contributed by atoms with Gasteiger partial charge in [-0.2, -0.15) is 0 Å². The van der Waals surface area contributed by atoms with Gasteiger partial charge in [0.15, 0.2) is 5.75 Å². The lowest BCUT2D eigenvalue weighted by Gasteiger charge is -2.41. The van der Waals surface area contributed by atoms with Gasteiger partial charge in [0.25, 0.3) is 0 Å². The molecule has 0 spiro atoms. The fourth-order valence-corrected chi connectivity index (χ4v) is 11.0. The monoisotopic (exact) mass is 1060 g/mol. The van der Waals surface area contributed by atoms with Crippen LogP contribution in [0.3, 0.4) is 0 Å². The molecule has 0 N–H and O–H groups in total. The molecule has 5 heterocycles. The van der Waals surface area contributed by atoms with Crippen LogP contribution in [-0.4, -0.2) is 42.6 Å². The predicted octanol–water partition coefficient (Wildman–Crippen LogP) is 17.5. The van der Waals surface area contributed by atoms with E-state index in [0.29, 0.717) is 18.2 Å². The number of aryl methyl sites for hydroxylation is 1. The maximum absolute atomic E-state index is 7.02. The van der Waals surface area contributed by atoms with Crippen LogP contribution in [0, 0.1) is 6.92 Å². The predicted molar refractivity (Wildman–Crippen MR) is 336 cm³/mol. The van der Waals surface area contributed by atoms with Crippen LogP contribution in [0.2, 0.25) is 10.6 Å². The molecule has 0 atom stereocenters. The van der Waals surface area contributed by atoms with Gasteiger partial charge >= 0.3 is 21.4 Å². The summed E-state index contributed by atoms with van der Waals surface area (Å²) in [5, 5.41) is 1.61. The third-order valence-corrected chi connectivity index (χ3v) is 15.7.